The number of ether oxygens (including phenoxy) is 1. The zero-order chi connectivity index (χ0) is 16.3. The van der Waals surface area contributed by atoms with Gasteiger partial charge in [-0.25, -0.2) is 17.9 Å². The number of sulfonamides is 1. The summed E-state index contributed by atoms with van der Waals surface area (Å²) in [6.45, 7) is 0.691. The molecule has 0 saturated carbocycles. The maximum atomic E-state index is 12.1. The van der Waals surface area contributed by atoms with E-state index >= 15 is 0 Å². The Morgan fingerprint density at radius 1 is 1.48 bits per heavy atom. The van der Waals surface area contributed by atoms with Crippen molar-refractivity contribution in [2.75, 3.05) is 13.7 Å². The molecule has 0 bridgehead atoms. The highest BCUT2D eigenvalue weighted by Crippen LogP contribution is 2.23. The van der Waals surface area contributed by atoms with E-state index in [0.29, 0.717) is 0 Å². The number of carbonyl (C=O) groups is 2. The number of nitrogens with one attached hydrogen (secondary N) is 1. The van der Waals surface area contributed by atoms with Crippen molar-refractivity contribution in [3.05, 3.63) is 16.3 Å². The van der Waals surface area contributed by atoms with E-state index in [9.17, 15) is 23.1 Å². The minimum Gasteiger partial charge on any atom is -0.481 e. The average molecular weight is 337 g/mol. The number of rotatable bonds is 7. The van der Waals surface area contributed by atoms with Crippen molar-refractivity contribution >= 4 is 33.3 Å². The summed E-state index contributed by atoms with van der Waals surface area (Å²) in [4.78, 5) is 21.6. The van der Waals surface area contributed by atoms with Crippen LogP contribution in [-0.2, 0) is 19.6 Å². The number of hydrogen-bond acceptors (Lipinski definition) is 7. The van der Waals surface area contributed by atoms with Gasteiger partial charge in [0.05, 0.1) is 19.1 Å². The van der Waals surface area contributed by atoms with Crippen molar-refractivity contribution in [3.63, 3.8) is 0 Å². The minimum absolute atomic E-state index is 0.0946. The van der Waals surface area contributed by atoms with E-state index in [1.807, 2.05) is 0 Å². The normalized spacial score (nSPS) is 14.4. The van der Waals surface area contributed by atoms with E-state index in [0.717, 1.165) is 18.4 Å². The van der Waals surface area contributed by atoms with E-state index in [4.69, 9.17) is 5.11 Å². The molecule has 0 aliphatic carbocycles. The smallest absolute Gasteiger partial charge is 0.349 e. The van der Waals surface area contributed by atoms with Gasteiger partial charge in [0, 0.05) is 6.54 Å². The number of aliphatic hydroxyl groups is 1. The van der Waals surface area contributed by atoms with Crippen LogP contribution in [0.1, 0.15) is 23.0 Å². The average Bonchev–Trinajstić information content (AvgIpc) is 2.84. The van der Waals surface area contributed by atoms with Gasteiger partial charge in [-0.2, -0.15) is 0 Å². The number of carboxylic acids is 1. The molecule has 1 atom stereocenters. The molecule has 1 rings (SSSR count). The van der Waals surface area contributed by atoms with Crippen molar-refractivity contribution in [2.45, 2.75) is 23.8 Å². The molecule has 1 heterocycles. The molecule has 1 aromatic heterocycles. The topological polar surface area (TPSA) is 130 Å². The minimum atomic E-state index is -4.07. The molecule has 0 aliphatic rings. The quantitative estimate of drug-likeness (QED) is 0.599. The van der Waals surface area contributed by atoms with Crippen LogP contribution < -0.4 is 4.72 Å². The number of thiophene rings is 1. The number of aliphatic carboxylic acids is 1. The molecular formula is C11H15NO7S2. The predicted molar refractivity (Wildman–Crippen MR) is 73.7 cm³/mol. The van der Waals surface area contributed by atoms with Crippen LogP contribution >= 0.6 is 11.3 Å². The molecule has 0 radical (unpaired) electrons. The van der Waals surface area contributed by atoms with Crippen molar-refractivity contribution < 1.29 is 33.0 Å². The van der Waals surface area contributed by atoms with Gasteiger partial charge in [0.25, 0.3) is 0 Å². The van der Waals surface area contributed by atoms with Crippen molar-refractivity contribution in [1.82, 2.24) is 4.72 Å². The lowest BCUT2D eigenvalue weighted by molar-refractivity contribution is -0.141. The third-order valence-electron chi connectivity index (χ3n) is 2.46. The van der Waals surface area contributed by atoms with Gasteiger partial charge in [0.15, 0.2) is 0 Å². The molecule has 0 aliphatic heterocycles. The van der Waals surface area contributed by atoms with Crippen LogP contribution in [0.2, 0.25) is 0 Å². The fourth-order valence-corrected chi connectivity index (χ4v) is 3.96. The molecule has 0 spiro atoms. The molecule has 21 heavy (non-hydrogen) atoms. The molecule has 1 unspecified atom stereocenters. The zero-order valence-corrected chi connectivity index (χ0v) is 13.0. The van der Waals surface area contributed by atoms with Crippen molar-refractivity contribution in [1.29, 1.82) is 0 Å². The standard InChI is InChI=1S/C11H15NO7S2/c1-11(16,5-8(13)14)6-12-21(17,18)7-3-4-20-9(7)10(15)19-2/h3-4,12,16H,5-6H2,1-2H3,(H,13,14). The lowest BCUT2D eigenvalue weighted by Crippen LogP contribution is -2.42. The highest BCUT2D eigenvalue weighted by molar-refractivity contribution is 7.89. The first kappa shape index (κ1) is 17.6. The van der Waals surface area contributed by atoms with Crippen LogP contribution in [0.5, 0.6) is 0 Å². The van der Waals surface area contributed by atoms with E-state index in [2.05, 4.69) is 9.46 Å². The number of carbonyl (C=O) groups excluding carboxylic acids is 1. The van der Waals surface area contributed by atoms with Gasteiger partial charge in [-0.15, -0.1) is 11.3 Å². The highest BCUT2D eigenvalue weighted by atomic mass is 32.2. The second kappa shape index (κ2) is 6.52. The van der Waals surface area contributed by atoms with Crippen LogP contribution in [0.4, 0.5) is 0 Å². The lowest BCUT2D eigenvalue weighted by atomic mass is 10.0. The molecule has 8 nitrogen and oxygen atoms in total. The molecule has 0 aromatic carbocycles. The first-order valence-electron chi connectivity index (χ1n) is 5.69. The molecule has 0 amide bonds. The van der Waals surface area contributed by atoms with Gasteiger partial charge in [-0.3, -0.25) is 4.79 Å². The first-order valence-corrected chi connectivity index (χ1v) is 8.05. The first-order chi connectivity index (χ1) is 9.59. The molecule has 118 valence electrons. The number of esters is 1. The summed E-state index contributed by atoms with van der Waals surface area (Å²) in [5, 5.41) is 19.8. The molecule has 0 saturated heterocycles. The summed E-state index contributed by atoms with van der Waals surface area (Å²) < 4.78 is 30.8. The Labute approximate surface area is 125 Å². The molecule has 1 aromatic rings. The molecule has 10 heteroatoms. The second-order valence-electron chi connectivity index (χ2n) is 4.50. The summed E-state index contributed by atoms with van der Waals surface area (Å²) in [6.07, 6.45) is -0.622. The third kappa shape index (κ3) is 4.77. The van der Waals surface area contributed by atoms with Crippen LogP contribution in [0.3, 0.4) is 0 Å². The van der Waals surface area contributed by atoms with E-state index in [-0.39, 0.29) is 9.77 Å². The Balaban J connectivity index is 2.91. The monoisotopic (exact) mass is 337 g/mol. The molecule has 0 fully saturated rings. The van der Waals surface area contributed by atoms with Gasteiger partial charge < -0.3 is 14.9 Å². The van der Waals surface area contributed by atoms with Gasteiger partial charge >= 0.3 is 11.9 Å². The summed E-state index contributed by atoms with van der Waals surface area (Å²) >= 11 is 0.903. The second-order valence-corrected chi connectivity index (χ2v) is 7.15. The zero-order valence-electron chi connectivity index (χ0n) is 11.3. The summed E-state index contributed by atoms with van der Waals surface area (Å²) in [5.41, 5.74) is -1.75. The van der Waals surface area contributed by atoms with Crippen molar-refractivity contribution in [3.8, 4) is 0 Å². The largest absolute Gasteiger partial charge is 0.481 e. The highest BCUT2D eigenvalue weighted by Gasteiger charge is 2.29. The maximum Gasteiger partial charge on any atom is 0.349 e. The maximum absolute atomic E-state index is 12.1. The Morgan fingerprint density at radius 3 is 2.62 bits per heavy atom. The molecular weight excluding hydrogens is 322 g/mol. The van der Waals surface area contributed by atoms with Crippen LogP contribution in [0.15, 0.2) is 16.3 Å². The predicted octanol–water partition coefficient (Wildman–Crippen LogP) is 0.0387. The summed E-state index contributed by atoms with van der Waals surface area (Å²) in [7, 11) is -2.94. The fourth-order valence-electron chi connectivity index (χ4n) is 1.47. The number of hydrogen-bond donors (Lipinski definition) is 3. The SMILES string of the molecule is COC(=O)c1sccc1S(=O)(=O)NCC(C)(O)CC(=O)O. The Hall–Kier alpha value is -1.49. The summed E-state index contributed by atoms with van der Waals surface area (Å²) in [6, 6.07) is 1.23. The number of methoxy groups -OCH3 is 1. The Kier molecular flexibility index (Phi) is 5.45. The van der Waals surface area contributed by atoms with Crippen LogP contribution in [-0.4, -0.2) is 49.8 Å². The van der Waals surface area contributed by atoms with Crippen LogP contribution in [0.25, 0.3) is 0 Å². The van der Waals surface area contributed by atoms with Gasteiger partial charge in [-0.05, 0) is 18.4 Å². The van der Waals surface area contributed by atoms with E-state index in [1.54, 1.807) is 0 Å². The summed E-state index contributed by atoms with van der Waals surface area (Å²) in [5.74, 6) is -2.05. The Morgan fingerprint density at radius 2 is 2.10 bits per heavy atom. The van der Waals surface area contributed by atoms with Gasteiger partial charge in [0.1, 0.15) is 9.77 Å². The Bertz CT molecular complexity index is 633. The van der Waals surface area contributed by atoms with Crippen LogP contribution in [0, 0.1) is 0 Å². The van der Waals surface area contributed by atoms with Gasteiger partial charge in [-0.1, -0.05) is 0 Å². The fraction of sp³-hybridized carbons (Fsp3) is 0.455. The third-order valence-corrected chi connectivity index (χ3v) is 4.93. The van der Waals surface area contributed by atoms with E-state index < -0.39 is 40.5 Å². The lowest BCUT2D eigenvalue weighted by Gasteiger charge is -2.21. The van der Waals surface area contributed by atoms with Crippen molar-refractivity contribution in [2.24, 2.45) is 0 Å². The van der Waals surface area contributed by atoms with Gasteiger partial charge in [0.2, 0.25) is 10.0 Å². The number of carboxylic acid groups (broad SMARTS) is 1. The molecule has 3 N–H and O–H groups in total. The van der Waals surface area contributed by atoms with E-state index in [1.165, 1.54) is 18.4 Å².